The Labute approximate surface area is 122 Å². The van der Waals surface area contributed by atoms with Gasteiger partial charge < -0.3 is 4.42 Å². The second-order valence-electron chi connectivity index (χ2n) is 3.94. The maximum absolute atomic E-state index is 11.6. The van der Waals surface area contributed by atoms with E-state index in [1.807, 2.05) is 0 Å². The number of nitro benzene ring substituents is 1. The molecular formula is C12H8N4O6. The Hall–Kier alpha value is -3.56. The van der Waals surface area contributed by atoms with Crippen LogP contribution in [-0.4, -0.2) is 22.0 Å². The van der Waals surface area contributed by atoms with Crippen LogP contribution in [0.15, 0.2) is 45.9 Å². The zero-order valence-corrected chi connectivity index (χ0v) is 10.8. The lowest BCUT2D eigenvalue weighted by atomic mass is 10.2. The maximum Gasteiger partial charge on any atom is 0.433 e. The molecule has 0 bridgehead atoms. The minimum absolute atomic E-state index is 0.0657. The number of nitrogens with one attached hydrogen (secondary N) is 1. The number of rotatable bonds is 5. The van der Waals surface area contributed by atoms with Crippen molar-refractivity contribution < 1.29 is 19.1 Å². The van der Waals surface area contributed by atoms with Crippen molar-refractivity contribution in [2.45, 2.75) is 0 Å². The first-order valence-electron chi connectivity index (χ1n) is 5.79. The Bertz CT molecular complexity index is 749. The molecular weight excluding hydrogens is 296 g/mol. The number of hydrogen-bond acceptors (Lipinski definition) is 7. The lowest BCUT2D eigenvalue weighted by Gasteiger charge is -1.95. The summed E-state index contributed by atoms with van der Waals surface area (Å²) < 4.78 is 4.69. The van der Waals surface area contributed by atoms with Crippen LogP contribution in [0.1, 0.15) is 16.1 Å². The Kier molecular flexibility index (Phi) is 4.22. The fraction of sp³-hybridized carbons (Fsp3) is 0. The SMILES string of the molecule is O=C(N/N=C/c1ccc([N+](=O)[O-])cc1)c1ccc([N+](=O)[O-])o1. The quantitative estimate of drug-likeness (QED) is 0.507. The number of amides is 1. The smallest absolute Gasteiger partial charge is 0.395 e. The van der Waals surface area contributed by atoms with Gasteiger partial charge in [0, 0.05) is 12.1 Å². The van der Waals surface area contributed by atoms with Crippen LogP contribution in [-0.2, 0) is 0 Å². The van der Waals surface area contributed by atoms with E-state index in [1.165, 1.54) is 30.5 Å². The molecule has 1 N–H and O–H groups in total. The number of nitro groups is 2. The summed E-state index contributed by atoms with van der Waals surface area (Å²) in [5.41, 5.74) is 2.58. The zero-order chi connectivity index (χ0) is 16.1. The van der Waals surface area contributed by atoms with Gasteiger partial charge in [-0.3, -0.25) is 25.0 Å². The Morgan fingerprint density at radius 1 is 1.09 bits per heavy atom. The molecule has 0 saturated heterocycles. The molecule has 2 aromatic rings. The Morgan fingerprint density at radius 3 is 2.32 bits per heavy atom. The monoisotopic (exact) mass is 304 g/mol. The van der Waals surface area contributed by atoms with Crippen LogP contribution in [0.25, 0.3) is 0 Å². The predicted molar refractivity (Wildman–Crippen MR) is 73.5 cm³/mol. The molecule has 22 heavy (non-hydrogen) atoms. The van der Waals surface area contributed by atoms with E-state index in [1.54, 1.807) is 0 Å². The van der Waals surface area contributed by atoms with Gasteiger partial charge in [0.2, 0.25) is 5.76 Å². The van der Waals surface area contributed by atoms with Gasteiger partial charge in [0.05, 0.1) is 17.2 Å². The highest BCUT2D eigenvalue weighted by molar-refractivity contribution is 5.92. The molecule has 0 saturated carbocycles. The van der Waals surface area contributed by atoms with Crippen LogP contribution in [0, 0.1) is 20.2 Å². The van der Waals surface area contributed by atoms with E-state index in [2.05, 4.69) is 10.5 Å². The molecule has 10 heteroatoms. The first kappa shape index (κ1) is 14.8. The third kappa shape index (κ3) is 3.50. The number of hydrogen-bond donors (Lipinski definition) is 1. The first-order chi connectivity index (χ1) is 10.5. The third-order valence-electron chi connectivity index (χ3n) is 2.48. The van der Waals surface area contributed by atoms with E-state index in [0.29, 0.717) is 5.56 Å². The highest BCUT2D eigenvalue weighted by Gasteiger charge is 2.16. The molecule has 2 rings (SSSR count). The van der Waals surface area contributed by atoms with Crippen LogP contribution >= 0.6 is 0 Å². The molecule has 112 valence electrons. The van der Waals surface area contributed by atoms with Gasteiger partial charge >= 0.3 is 11.8 Å². The minimum Gasteiger partial charge on any atom is -0.395 e. The summed E-state index contributed by atoms with van der Waals surface area (Å²) in [4.78, 5) is 31.2. The molecule has 0 aliphatic heterocycles. The van der Waals surface area contributed by atoms with Crippen molar-refractivity contribution in [2.75, 3.05) is 0 Å². The maximum atomic E-state index is 11.6. The Balaban J connectivity index is 1.97. The van der Waals surface area contributed by atoms with Gasteiger partial charge in [-0.05, 0) is 23.8 Å². The fourth-order valence-electron chi connectivity index (χ4n) is 1.45. The molecule has 0 atom stereocenters. The van der Waals surface area contributed by atoms with Crippen molar-refractivity contribution in [1.82, 2.24) is 5.43 Å². The highest BCUT2D eigenvalue weighted by Crippen LogP contribution is 2.15. The first-order valence-corrected chi connectivity index (χ1v) is 5.79. The fourth-order valence-corrected chi connectivity index (χ4v) is 1.45. The average molecular weight is 304 g/mol. The number of benzene rings is 1. The van der Waals surface area contributed by atoms with Gasteiger partial charge in [-0.25, -0.2) is 5.43 Å². The molecule has 0 aliphatic carbocycles. The highest BCUT2D eigenvalue weighted by atomic mass is 16.6. The van der Waals surface area contributed by atoms with Crippen molar-refractivity contribution in [3.8, 4) is 0 Å². The van der Waals surface area contributed by atoms with E-state index in [4.69, 9.17) is 4.42 Å². The molecule has 0 fully saturated rings. The van der Waals surface area contributed by atoms with Gasteiger partial charge in [-0.15, -0.1) is 0 Å². The van der Waals surface area contributed by atoms with Crippen LogP contribution in [0.4, 0.5) is 11.6 Å². The molecule has 10 nitrogen and oxygen atoms in total. The molecule has 1 heterocycles. The van der Waals surface area contributed by atoms with E-state index in [9.17, 15) is 25.0 Å². The molecule has 0 unspecified atom stereocenters. The number of non-ortho nitro benzene ring substituents is 1. The van der Waals surface area contributed by atoms with Gasteiger partial charge in [0.25, 0.3) is 5.69 Å². The normalized spacial score (nSPS) is 10.5. The average Bonchev–Trinajstić information content (AvgIpc) is 2.98. The van der Waals surface area contributed by atoms with Crippen LogP contribution in [0.2, 0.25) is 0 Å². The topological polar surface area (TPSA) is 141 Å². The summed E-state index contributed by atoms with van der Waals surface area (Å²) in [6, 6.07) is 7.68. The summed E-state index contributed by atoms with van der Waals surface area (Å²) in [5.74, 6) is -1.57. The Morgan fingerprint density at radius 2 is 1.77 bits per heavy atom. The van der Waals surface area contributed by atoms with Crippen molar-refractivity contribution in [3.63, 3.8) is 0 Å². The number of hydrazone groups is 1. The lowest BCUT2D eigenvalue weighted by Crippen LogP contribution is -2.16. The molecule has 1 amide bonds. The largest absolute Gasteiger partial charge is 0.433 e. The zero-order valence-electron chi connectivity index (χ0n) is 10.8. The van der Waals surface area contributed by atoms with Crippen molar-refractivity contribution in [1.29, 1.82) is 0 Å². The molecule has 0 radical (unpaired) electrons. The predicted octanol–water partition coefficient (Wildman–Crippen LogP) is 1.86. The van der Waals surface area contributed by atoms with Crippen molar-refractivity contribution >= 4 is 23.7 Å². The van der Waals surface area contributed by atoms with Crippen LogP contribution in [0.5, 0.6) is 0 Å². The minimum atomic E-state index is -0.767. The van der Waals surface area contributed by atoms with E-state index in [-0.39, 0.29) is 11.4 Å². The van der Waals surface area contributed by atoms with Crippen molar-refractivity contribution in [2.24, 2.45) is 5.10 Å². The molecule has 1 aromatic heterocycles. The number of nitrogens with zero attached hydrogens (tertiary/aromatic N) is 3. The second-order valence-corrected chi connectivity index (χ2v) is 3.94. The second kappa shape index (κ2) is 6.26. The number of furan rings is 1. The van der Waals surface area contributed by atoms with E-state index < -0.39 is 21.6 Å². The molecule has 0 spiro atoms. The van der Waals surface area contributed by atoms with Crippen molar-refractivity contribution in [3.05, 3.63) is 68.0 Å². The number of carbonyl (C=O) groups excluding carboxylic acids is 1. The summed E-state index contributed by atoms with van der Waals surface area (Å²) in [5, 5.41) is 24.5. The molecule has 1 aromatic carbocycles. The van der Waals surface area contributed by atoms with E-state index in [0.717, 1.165) is 12.1 Å². The third-order valence-corrected chi connectivity index (χ3v) is 2.48. The summed E-state index contributed by atoms with van der Waals surface area (Å²) >= 11 is 0. The summed E-state index contributed by atoms with van der Waals surface area (Å²) in [7, 11) is 0. The van der Waals surface area contributed by atoms with Gasteiger partial charge in [0.15, 0.2) is 0 Å². The lowest BCUT2D eigenvalue weighted by molar-refractivity contribution is -0.402. The molecule has 0 aliphatic rings. The summed E-state index contributed by atoms with van der Waals surface area (Å²) in [6.45, 7) is 0. The van der Waals surface area contributed by atoms with Gasteiger partial charge in [-0.1, -0.05) is 0 Å². The number of carbonyl (C=O) groups is 1. The summed E-state index contributed by atoms with van der Waals surface area (Å²) in [6.07, 6.45) is 1.26. The van der Waals surface area contributed by atoms with Crippen LogP contribution < -0.4 is 5.43 Å². The van der Waals surface area contributed by atoms with Gasteiger partial charge in [-0.2, -0.15) is 5.10 Å². The van der Waals surface area contributed by atoms with E-state index >= 15 is 0 Å². The van der Waals surface area contributed by atoms with Gasteiger partial charge in [0.1, 0.15) is 4.92 Å². The standard InChI is InChI=1S/C12H8N4O6/c17-12(10-5-6-11(22-10)16(20)21)14-13-7-8-1-3-9(4-2-8)15(18)19/h1-7H,(H,14,17)/b13-7+. The van der Waals surface area contributed by atoms with Crippen LogP contribution in [0.3, 0.4) is 0 Å².